The molecule has 1 unspecified atom stereocenters. The van der Waals surface area contributed by atoms with Gasteiger partial charge in [-0.3, -0.25) is 9.59 Å². The highest BCUT2D eigenvalue weighted by molar-refractivity contribution is 5.86. The van der Waals surface area contributed by atoms with E-state index < -0.39 is 0 Å². The Balaban J connectivity index is 1.97. The minimum Gasteiger partial charge on any atom is -0.342 e. The minimum atomic E-state index is 0.116. The van der Waals surface area contributed by atoms with Gasteiger partial charge in [0.2, 0.25) is 5.91 Å². The number of ketones is 1. The molecule has 1 aliphatic heterocycles. The zero-order chi connectivity index (χ0) is 10.8. The fourth-order valence-electron chi connectivity index (χ4n) is 2.36. The summed E-state index contributed by atoms with van der Waals surface area (Å²) >= 11 is 0. The van der Waals surface area contributed by atoms with Gasteiger partial charge in [-0.25, -0.2) is 0 Å². The van der Waals surface area contributed by atoms with Crippen LogP contribution in [0.1, 0.15) is 39.0 Å². The van der Waals surface area contributed by atoms with Crippen molar-refractivity contribution in [3.8, 4) is 0 Å². The number of hydrogen-bond donors (Lipinski definition) is 0. The highest BCUT2D eigenvalue weighted by atomic mass is 16.2. The molecule has 0 bridgehead atoms. The first kappa shape index (κ1) is 10.7. The second kappa shape index (κ2) is 4.33. The average molecular weight is 209 g/mol. The molecule has 84 valence electrons. The molecule has 2 rings (SSSR count). The third kappa shape index (κ3) is 2.58. The van der Waals surface area contributed by atoms with Crippen LogP contribution in [-0.2, 0) is 9.59 Å². The predicted octanol–water partition coefficient (Wildman–Crippen LogP) is 1.61. The molecule has 2 fully saturated rings. The summed E-state index contributed by atoms with van der Waals surface area (Å²) in [6.07, 6.45) is 5.28. The summed E-state index contributed by atoms with van der Waals surface area (Å²) in [5.74, 6) is 0.999. The Labute approximate surface area is 90.8 Å². The van der Waals surface area contributed by atoms with Crippen LogP contribution in [0.15, 0.2) is 0 Å². The Hall–Kier alpha value is -0.860. The van der Waals surface area contributed by atoms with Crippen LogP contribution < -0.4 is 0 Å². The maximum atomic E-state index is 11.9. The largest absolute Gasteiger partial charge is 0.342 e. The number of Topliss-reactive ketones (excluding diaryl/α,β-unsaturated/α-hetero) is 1. The van der Waals surface area contributed by atoms with Gasteiger partial charge < -0.3 is 4.90 Å². The molecule has 3 heteroatoms. The van der Waals surface area contributed by atoms with E-state index >= 15 is 0 Å². The molecule has 1 amide bonds. The number of carbonyl (C=O) groups excluding carboxylic acids is 2. The van der Waals surface area contributed by atoms with Gasteiger partial charge in [-0.1, -0.05) is 6.42 Å². The van der Waals surface area contributed by atoms with Gasteiger partial charge in [-0.15, -0.1) is 0 Å². The maximum absolute atomic E-state index is 11.9. The molecular weight excluding hydrogens is 190 g/mol. The van der Waals surface area contributed by atoms with Crippen LogP contribution in [0, 0.1) is 11.8 Å². The van der Waals surface area contributed by atoms with Crippen LogP contribution in [0.5, 0.6) is 0 Å². The van der Waals surface area contributed by atoms with E-state index in [-0.39, 0.29) is 11.8 Å². The van der Waals surface area contributed by atoms with E-state index in [1.54, 1.807) is 6.92 Å². The molecule has 2 aliphatic rings. The standard InChI is InChI=1S/C12H19NO2/c1-9(14)13-7-3-2-4-11(8-13)12(15)10-5-6-10/h10-11H,2-8H2,1H3. The van der Waals surface area contributed by atoms with Crippen LogP contribution >= 0.6 is 0 Å². The van der Waals surface area contributed by atoms with Crippen molar-refractivity contribution in [2.24, 2.45) is 11.8 Å². The van der Waals surface area contributed by atoms with Crippen molar-refractivity contribution in [3.63, 3.8) is 0 Å². The van der Waals surface area contributed by atoms with E-state index in [1.165, 1.54) is 0 Å². The van der Waals surface area contributed by atoms with E-state index in [4.69, 9.17) is 0 Å². The Morgan fingerprint density at radius 2 is 1.80 bits per heavy atom. The van der Waals surface area contributed by atoms with Crippen LogP contribution in [0.2, 0.25) is 0 Å². The monoisotopic (exact) mass is 209 g/mol. The first-order valence-electron chi connectivity index (χ1n) is 5.97. The quantitative estimate of drug-likeness (QED) is 0.693. The molecule has 15 heavy (non-hydrogen) atoms. The van der Waals surface area contributed by atoms with Crippen LogP contribution in [0.4, 0.5) is 0 Å². The summed E-state index contributed by atoms with van der Waals surface area (Å²) in [5.41, 5.74) is 0. The van der Waals surface area contributed by atoms with Crippen molar-refractivity contribution in [2.75, 3.05) is 13.1 Å². The van der Waals surface area contributed by atoms with E-state index in [1.807, 2.05) is 4.90 Å². The van der Waals surface area contributed by atoms with Gasteiger partial charge in [-0.05, 0) is 25.7 Å². The van der Waals surface area contributed by atoms with Crippen molar-refractivity contribution in [2.45, 2.75) is 39.0 Å². The fraction of sp³-hybridized carbons (Fsp3) is 0.833. The molecule has 0 radical (unpaired) electrons. The summed E-state index contributed by atoms with van der Waals surface area (Å²) < 4.78 is 0. The normalized spacial score (nSPS) is 27.3. The molecule has 0 aromatic rings. The van der Waals surface area contributed by atoms with Gasteiger partial charge in [0.1, 0.15) is 5.78 Å². The van der Waals surface area contributed by atoms with Gasteiger partial charge in [-0.2, -0.15) is 0 Å². The average Bonchev–Trinajstić information content (AvgIpc) is 3.04. The van der Waals surface area contributed by atoms with Crippen molar-refractivity contribution in [1.29, 1.82) is 0 Å². The summed E-state index contributed by atoms with van der Waals surface area (Å²) in [6, 6.07) is 0. The zero-order valence-corrected chi connectivity index (χ0v) is 9.37. The number of likely N-dealkylation sites (tertiary alicyclic amines) is 1. The van der Waals surface area contributed by atoms with E-state index in [2.05, 4.69) is 0 Å². The van der Waals surface area contributed by atoms with E-state index in [0.717, 1.165) is 38.6 Å². The molecule has 1 saturated heterocycles. The molecule has 0 N–H and O–H groups in total. The lowest BCUT2D eigenvalue weighted by molar-refractivity contribution is -0.131. The van der Waals surface area contributed by atoms with Crippen LogP contribution in [0.3, 0.4) is 0 Å². The lowest BCUT2D eigenvalue weighted by Gasteiger charge is -2.22. The van der Waals surface area contributed by atoms with Crippen molar-refractivity contribution >= 4 is 11.7 Å². The Bertz CT molecular complexity index is 271. The second-order valence-electron chi connectivity index (χ2n) is 4.83. The topological polar surface area (TPSA) is 37.4 Å². The first-order valence-corrected chi connectivity index (χ1v) is 5.97. The number of rotatable bonds is 2. The van der Waals surface area contributed by atoms with Gasteiger partial charge in [0.15, 0.2) is 0 Å². The maximum Gasteiger partial charge on any atom is 0.219 e. The minimum absolute atomic E-state index is 0.116. The van der Waals surface area contributed by atoms with Crippen LogP contribution in [-0.4, -0.2) is 29.7 Å². The molecule has 1 saturated carbocycles. The predicted molar refractivity (Wildman–Crippen MR) is 57.3 cm³/mol. The fourth-order valence-corrected chi connectivity index (χ4v) is 2.36. The van der Waals surface area contributed by atoms with Gasteiger partial charge in [0.25, 0.3) is 0 Å². The Morgan fingerprint density at radius 1 is 1.07 bits per heavy atom. The highest BCUT2D eigenvalue weighted by Crippen LogP contribution is 2.34. The highest BCUT2D eigenvalue weighted by Gasteiger charge is 2.36. The molecule has 1 aliphatic carbocycles. The van der Waals surface area contributed by atoms with Crippen molar-refractivity contribution in [1.82, 2.24) is 4.90 Å². The molecule has 1 heterocycles. The van der Waals surface area contributed by atoms with Crippen molar-refractivity contribution < 1.29 is 9.59 Å². The molecule has 0 aromatic heterocycles. The van der Waals surface area contributed by atoms with Gasteiger partial charge >= 0.3 is 0 Å². The number of nitrogens with zero attached hydrogens (tertiary/aromatic N) is 1. The number of hydrogen-bond acceptors (Lipinski definition) is 2. The summed E-state index contributed by atoms with van der Waals surface area (Å²) in [6.45, 7) is 3.11. The van der Waals surface area contributed by atoms with E-state index in [0.29, 0.717) is 18.2 Å². The lowest BCUT2D eigenvalue weighted by Crippen LogP contribution is -2.35. The number of amides is 1. The van der Waals surface area contributed by atoms with Gasteiger partial charge in [0.05, 0.1) is 0 Å². The summed E-state index contributed by atoms with van der Waals surface area (Å²) in [5, 5.41) is 0. The Morgan fingerprint density at radius 3 is 2.40 bits per heavy atom. The molecule has 1 atom stereocenters. The molecule has 3 nitrogen and oxygen atoms in total. The van der Waals surface area contributed by atoms with Crippen molar-refractivity contribution in [3.05, 3.63) is 0 Å². The number of carbonyl (C=O) groups is 2. The second-order valence-corrected chi connectivity index (χ2v) is 4.83. The third-order valence-corrected chi connectivity index (χ3v) is 3.50. The lowest BCUT2D eigenvalue weighted by atomic mass is 9.95. The van der Waals surface area contributed by atoms with Crippen LogP contribution in [0.25, 0.3) is 0 Å². The smallest absolute Gasteiger partial charge is 0.219 e. The molecule has 0 spiro atoms. The summed E-state index contributed by atoms with van der Waals surface area (Å²) in [4.78, 5) is 25.1. The van der Waals surface area contributed by atoms with Gasteiger partial charge in [0, 0.05) is 31.8 Å². The SMILES string of the molecule is CC(=O)N1CCCCC(C(=O)C2CC2)C1. The molecule has 0 aromatic carbocycles. The summed E-state index contributed by atoms with van der Waals surface area (Å²) in [7, 11) is 0. The third-order valence-electron chi connectivity index (χ3n) is 3.50. The van der Waals surface area contributed by atoms with E-state index in [9.17, 15) is 9.59 Å². The zero-order valence-electron chi connectivity index (χ0n) is 9.37. The first-order chi connectivity index (χ1) is 7.18. The molecular formula is C12H19NO2. The Kier molecular flexibility index (Phi) is 3.08.